The van der Waals surface area contributed by atoms with Crippen LogP contribution in [0.1, 0.15) is 12.5 Å². The zero-order valence-electron chi connectivity index (χ0n) is 13.0. The Bertz CT molecular complexity index is 856. The van der Waals surface area contributed by atoms with Crippen LogP contribution in [0, 0.1) is 0 Å². The highest BCUT2D eigenvalue weighted by Crippen LogP contribution is 2.36. The van der Waals surface area contributed by atoms with Crippen LogP contribution in [-0.2, 0) is 4.79 Å². The summed E-state index contributed by atoms with van der Waals surface area (Å²) in [6.45, 7) is 1.88. The predicted octanol–water partition coefficient (Wildman–Crippen LogP) is 4.58. The molecule has 5 heteroatoms. The molecule has 2 aromatic carbocycles. The van der Waals surface area contributed by atoms with Crippen LogP contribution in [0.4, 0.5) is 10.5 Å². The van der Waals surface area contributed by atoms with Gasteiger partial charge in [-0.05, 0) is 48.0 Å². The first kappa shape index (κ1) is 16.1. The normalized spacial score (nSPS) is 17.0. The van der Waals surface area contributed by atoms with Crippen molar-refractivity contribution in [3.63, 3.8) is 0 Å². The Morgan fingerprint density at radius 1 is 1.08 bits per heavy atom. The van der Waals surface area contributed by atoms with E-state index in [0.717, 1.165) is 27.8 Å². The van der Waals surface area contributed by atoms with Gasteiger partial charge in [-0.2, -0.15) is 0 Å². The molecule has 1 aliphatic rings. The Kier molecular flexibility index (Phi) is 4.53. The Morgan fingerprint density at radius 2 is 1.83 bits per heavy atom. The molecular weight excluding hydrogens is 322 g/mol. The van der Waals surface area contributed by atoms with E-state index in [-0.39, 0.29) is 16.9 Å². The zero-order valence-corrected chi connectivity index (χ0v) is 13.8. The number of hydrogen-bond donors (Lipinski definition) is 1. The largest absolute Gasteiger partial charge is 0.508 e. The van der Waals surface area contributed by atoms with Gasteiger partial charge in [-0.3, -0.25) is 9.59 Å². The lowest BCUT2D eigenvalue weighted by molar-refractivity contribution is -0.113. The van der Waals surface area contributed by atoms with E-state index in [1.807, 2.05) is 43.3 Å². The standard InChI is InChI=1S/C19H15NO3S/c1-13(10-14-6-3-2-4-7-14)11-17-18(22)20(19(23)24-17)15-8-5-9-16(21)12-15/h2-12,21H,1H3/b13-10+,17-11+. The first-order chi connectivity index (χ1) is 11.5. The van der Waals surface area contributed by atoms with Crippen LogP contribution in [0.3, 0.4) is 0 Å². The number of benzene rings is 2. The van der Waals surface area contributed by atoms with Gasteiger partial charge in [0.05, 0.1) is 10.6 Å². The van der Waals surface area contributed by atoms with E-state index < -0.39 is 0 Å². The summed E-state index contributed by atoms with van der Waals surface area (Å²) in [7, 11) is 0. The molecule has 0 radical (unpaired) electrons. The van der Waals surface area contributed by atoms with Crippen molar-refractivity contribution in [3.05, 3.63) is 76.7 Å². The Hall–Kier alpha value is -2.79. The first-order valence-corrected chi connectivity index (χ1v) is 8.16. The highest BCUT2D eigenvalue weighted by atomic mass is 32.2. The summed E-state index contributed by atoms with van der Waals surface area (Å²) in [6, 6.07) is 15.9. The quantitative estimate of drug-likeness (QED) is 0.833. The van der Waals surface area contributed by atoms with Crippen LogP contribution in [0.25, 0.3) is 6.08 Å². The maximum absolute atomic E-state index is 12.5. The van der Waals surface area contributed by atoms with Crippen molar-refractivity contribution in [3.8, 4) is 5.75 Å². The van der Waals surface area contributed by atoms with E-state index in [0.29, 0.717) is 10.6 Å². The topological polar surface area (TPSA) is 57.6 Å². The second-order valence-corrected chi connectivity index (χ2v) is 6.33. The average molecular weight is 337 g/mol. The monoisotopic (exact) mass is 337 g/mol. The Morgan fingerprint density at radius 3 is 2.54 bits per heavy atom. The maximum Gasteiger partial charge on any atom is 0.298 e. The minimum atomic E-state index is -0.378. The van der Waals surface area contributed by atoms with Gasteiger partial charge in [-0.25, -0.2) is 4.90 Å². The number of thioether (sulfide) groups is 1. The van der Waals surface area contributed by atoms with Crippen LogP contribution in [0.15, 0.2) is 71.2 Å². The van der Waals surface area contributed by atoms with E-state index in [9.17, 15) is 14.7 Å². The lowest BCUT2D eigenvalue weighted by Gasteiger charge is -2.12. The molecule has 24 heavy (non-hydrogen) atoms. The molecule has 1 fully saturated rings. The third-order valence-corrected chi connectivity index (χ3v) is 4.30. The van der Waals surface area contributed by atoms with Gasteiger partial charge in [0.25, 0.3) is 11.1 Å². The van der Waals surface area contributed by atoms with Gasteiger partial charge in [0, 0.05) is 6.07 Å². The number of hydrogen-bond acceptors (Lipinski definition) is 4. The first-order valence-electron chi connectivity index (χ1n) is 7.35. The van der Waals surface area contributed by atoms with E-state index in [2.05, 4.69) is 0 Å². The number of imide groups is 1. The van der Waals surface area contributed by atoms with Gasteiger partial charge >= 0.3 is 0 Å². The van der Waals surface area contributed by atoms with Gasteiger partial charge in [0.1, 0.15) is 5.75 Å². The molecule has 4 nitrogen and oxygen atoms in total. The molecule has 120 valence electrons. The molecule has 1 saturated heterocycles. The van der Waals surface area contributed by atoms with E-state index in [1.54, 1.807) is 18.2 Å². The van der Waals surface area contributed by atoms with Crippen LogP contribution in [-0.4, -0.2) is 16.3 Å². The van der Waals surface area contributed by atoms with Crippen molar-refractivity contribution < 1.29 is 14.7 Å². The fourth-order valence-corrected chi connectivity index (χ4v) is 3.27. The highest BCUT2D eigenvalue weighted by molar-refractivity contribution is 8.18. The minimum Gasteiger partial charge on any atom is -0.508 e. The van der Waals surface area contributed by atoms with Crippen molar-refractivity contribution in [2.75, 3.05) is 4.90 Å². The number of carbonyl (C=O) groups is 2. The third-order valence-electron chi connectivity index (χ3n) is 3.43. The minimum absolute atomic E-state index is 0.00989. The summed E-state index contributed by atoms with van der Waals surface area (Å²) >= 11 is 0.897. The van der Waals surface area contributed by atoms with Crippen molar-refractivity contribution in [2.45, 2.75) is 6.92 Å². The van der Waals surface area contributed by atoms with Crippen molar-refractivity contribution in [2.24, 2.45) is 0 Å². The molecule has 0 aromatic heterocycles. The summed E-state index contributed by atoms with van der Waals surface area (Å²) in [4.78, 5) is 26.1. The van der Waals surface area contributed by atoms with Crippen molar-refractivity contribution in [1.29, 1.82) is 0 Å². The predicted molar refractivity (Wildman–Crippen MR) is 96.8 cm³/mol. The fraction of sp³-hybridized carbons (Fsp3) is 0.0526. The Balaban J connectivity index is 1.87. The number of phenolic OH excluding ortho intramolecular Hbond substituents is 1. The summed E-state index contributed by atoms with van der Waals surface area (Å²) in [5, 5.41) is 9.17. The molecule has 0 aliphatic carbocycles. The number of phenols is 1. The zero-order chi connectivity index (χ0) is 17.1. The number of anilines is 1. The molecule has 3 rings (SSSR count). The molecule has 2 aromatic rings. The van der Waals surface area contributed by atoms with Gasteiger partial charge < -0.3 is 5.11 Å². The summed E-state index contributed by atoms with van der Waals surface area (Å²) in [6.07, 6.45) is 3.66. The number of carbonyl (C=O) groups excluding carboxylic acids is 2. The smallest absolute Gasteiger partial charge is 0.298 e. The van der Waals surface area contributed by atoms with Gasteiger partial charge in [-0.15, -0.1) is 0 Å². The van der Waals surface area contributed by atoms with Crippen LogP contribution in [0.5, 0.6) is 5.75 Å². The molecular formula is C19H15NO3S. The number of allylic oxidation sites excluding steroid dienone is 2. The lowest BCUT2D eigenvalue weighted by atomic mass is 10.1. The van der Waals surface area contributed by atoms with Crippen LogP contribution in [0.2, 0.25) is 0 Å². The van der Waals surface area contributed by atoms with Crippen molar-refractivity contribution >= 4 is 34.7 Å². The number of aromatic hydroxyl groups is 1. The van der Waals surface area contributed by atoms with E-state index in [1.165, 1.54) is 12.1 Å². The Labute approximate surface area is 144 Å². The van der Waals surface area contributed by atoms with E-state index >= 15 is 0 Å². The van der Waals surface area contributed by atoms with Gasteiger partial charge in [0.15, 0.2) is 0 Å². The SMILES string of the molecule is CC(=C\c1ccccc1)/C=C1/SC(=O)N(c2cccc(O)c2)C1=O. The molecule has 2 amide bonds. The molecule has 1 aliphatic heterocycles. The van der Waals surface area contributed by atoms with Crippen LogP contribution < -0.4 is 4.90 Å². The lowest BCUT2D eigenvalue weighted by Crippen LogP contribution is -2.27. The summed E-state index contributed by atoms with van der Waals surface area (Å²) in [5.74, 6) is -0.368. The molecule has 0 saturated carbocycles. The number of amides is 2. The van der Waals surface area contributed by atoms with E-state index in [4.69, 9.17) is 0 Å². The van der Waals surface area contributed by atoms with Crippen molar-refractivity contribution in [1.82, 2.24) is 0 Å². The molecule has 1 heterocycles. The number of rotatable bonds is 3. The fourth-order valence-electron chi connectivity index (χ4n) is 2.38. The second kappa shape index (κ2) is 6.76. The average Bonchev–Trinajstić information content (AvgIpc) is 2.82. The second-order valence-electron chi connectivity index (χ2n) is 5.34. The molecule has 0 unspecified atom stereocenters. The third kappa shape index (κ3) is 3.41. The summed E-state index contributed by atoms with van der Waals surface area (Å²) < 4.78 is 0. The molecule has 1 N–H and O–H groups in total. The number of nitrogens with zero attached hydrogens (tertiary/aromatic N) is 1. The molecule has 0 atom stereocenters. The molecule has 0 spiro atoms. The maximum atomic E-state index is 12.5. The highest BCUT2D eigenvalue weighted by Gasteiger charge is 2.36. The van der Waals surface area contributed by atoms with Gasteiger partial charge in [0.2, 0.25) is 0 Å². The van der Waals surface area contributed by atoms with Gasteiger partial charge in [-0.1, -0.05) is 42.5 Å². The van der Waals surface area contributed by atoms with Crippen LogP contribution >= 0.6 is 11.8 Å². The molecule has 0 bridgehead atoms. The summed E-state index contributed by atoms with van der Waals surface area (Å²) in [5.41, 5.74) is 2.27.